The van der Waals surface area contributed by atoms with Crippen LogP contribution < -0.4 is 10.1 Å². The van der Waals surface area contributed by atoms with Crippen LogP contribution in [0.4, 0.5) is 0 Å². The number of hydrogen-bond donors (Lipinski definition) is 1. The van der Waals surface area contributed by atoms with Crippen LogP contribution in [0.2, 0.25) is 0 Å². The minimum absolute atomic E-state index is 0.00796. The number of ketones is 1. The standard InChI is InChI=1S/C20H20N2O2S/c1-15(23)19-14-25-20(22-19)12-21-11-16-7-9-18(10-8-16)24-13-17-5-3-2-4-6-17/h2-10,14,21H,11-13H2,1H3. The Labute approximate surface area is 151 Å². The van der Waals surface area contributed by atoms with Crippen molar-refractivity contribution in [3.8, 4) is 5.75 Å². The fourth-order valence-corrected chi connectivity index (χ4v) is 3.11. The number of nitrogens with zero attached hydrogens (tertiary/aromatic N) is 1. The lowest BCUT2D eigenvalue weighted by Gasteiger charge is -2.08. The first-order chi connectivity index (χ1) is 12.2. The SMILES string of the molecule is CC(=O)c1csc(CNCc2ccc(OCc3ccccc3)cc2)n1. The Hall–Kier alpha value is -2.50. The predicted molar refractivity (Wildman–Crippen MR) is 99.9 cm³/mol. The first-order valence-corrected chi connectivity index (χ1v) is 9.00. The topological polar surface area (TPSA) is 51.2 Å². The molecular weight excluding hydrogens is 332 g/mol. The van der Waals surface area contributed by atoms with Crippen LogP contribution in [0.15, 0.2) is 60.0 Å². The average molecular weight is 352 g/mol. The molecule has 0 fully saturated rings. The second kappa shape index (κ2) is 8.55. The molecule has 0 aliphatic rings. The van der Waals surface area contributed by atoms with Gasteiger partial charge in [-0.15, -0.1) is 11.3 Å². The van der Waals surface area contributed by atoms with E-state index in [0.29, 0.717) is 18.8 Å². The van der Waals surface area contributed by atoms with Crippen molar-refractivity contribution in [1.82, 2.24) is 10.3 Å². The smallest absolute Gasteiger partial charge is 0.178 e. The van der Waals surface area contributed by atoms with Gasteiger partial charge in [-0.1, -0.05) is 42.5 Å². The van der Waals surface area contributed by atoms with Crippen LogP contribution in [0.1, 0.15) is 33.5 Å². The summed E-state index contributed by atoms with van der Waals surface area (Å²) >= 11 is 1.51. The Balaban J connectivity index is 1.45. The number of carbonyl (C=O) groups is 1. The molecule has 25 heavy (non-hydrogen) atoms. The number of nitrogens with one attached hydrogen (secondary N) is 1. The maximum atomic E-state index is 11.2. The van der Waals surface area contributed by atoms with E-state index in [1.807, 2.05) is 30.3 Å². The molecule has 5 heteroatoms. The van der Waals surface area contributed by atoms with Crippen molar-refractivity contribution < 1.29 is 9.53 Å². The first kappa shape index (κ1) is 17.3. The predicted octanol–water partition coefficient (Wildman–Crippen LogP) is 4.21. The molecule has 4 nitrogen and oxygen atoms in total. The summed E-state index contributed by atoms with van der Waals surface area (Å²) in [6, 6.07) is 18.2. The summed E-state index contributed by atoms with van der Waals surface area (Å²) in [5.74, 6) is 0.868. The summed E-state index contributed by atoms with van der Waals surface area (Å²) < 4.78 is 5.79. The number of thiazole rings is 1. The van der Waals surface area contributed by atoms with E-state index in [2.05, 4.69) is 34.6 Å². The highest BCUT2D eigenvalue weighted by Gasteiger charge is 2.05. The van der Waals surface area contributed by atoms with Gasteiger partial charge in [-0.05, 0) is 23.3 Å². The zero-order valence-electron chi connectivity index (χ0n) is 14.1. The molecule has 1 N–H and O–H groups in total. The van der Waals surface area contributed by atoms with Crippen molar-refractivity contribution in [1.29, 1.82) is 0 Å². The van der Waals surface area contributed by atoms with Gasteiger partial charge in [-0.2, -0.15) is 0 Å². The molecule has 0 spiro atoms. The molecule has 1 aromatic heterocycles. The third-order valence-electron chi connectivity index (χ3n) is 3.69. The lowest BCUT2D eigenvalue weighted by Crippen LogP contribution is -2.12. The number of benzene rings is 2. The monoisotopic (exact) mass is 352 g/mol. The van der Waals surface area contributed by atoms with Crippen LogP contribution in [-0.2, 0) is 19.7 Å². The third kappa shape index (κ3) is 5.24. The van der Waals surface area contributed by atoms with E-state index < -0.39 is 0 Å². The molecule has 0 saturated heterocycles. The van der Waals surface area contributed by atoms with Crippen molar-refractivity contribution in [3.63, 3.8) is 0 Å². The van der Waals surface area contributed by atoms with Gasteiger partial charge in [0.15, 0.2) is 5.78 Å². The molecule has 0 saturated carbocycles. The number of ether oxygens (including phenoxy) is 1. The zero-order chi connectivity index (χ0) is 17.5. The maximum Gasteiger partial charge on any atom is 0.178 e. The summed E-state index contributed by atoms with van der Waals surface area (Å²) in [6.45, 7) is 3.51. The van der Waals surface area contributed by atoms with E-state index in [1.54, 1.807) is 5.38 Å². The zero-order valence-corrected chi connectivity index (χ0v) is 14.9. The number of rotatable bonds is 8. The highest BCUT2D eigenvalue weighted by Crippen LogP contribution is 2.15. The minimum Gasteiger partial charge on any atom is -0.489 e. The number of hydrogen-bond acceptors (Lipinski definition) is 5. The van der Waals surface area contributed by atoms with Gasteiger partial charge >= 0.3 is 0 Å². The molecule has 1 heterocycles. The molecule has 0 aliphatic heterocycles. The minimum atomic E-state index is 0.00796. The molecule has 3 rings (SSSR count). The second-order valence-electron chi connectivity index (χ2n) is 5.70. The summed E-state index contributed by atoms with van der Waals surface area (Å²) in [7, 11) is 0. The quantitative estimate of drug-likeness (QED) is 0.617. The number of aromatic nitrogens is 1. The summed E-state index contributed by atoms with van der Waals surface area (Å²) in [4.78, 5) is 15.5. The Morgan fingerprint density at radius 1 is 1.04 bits per heavy atom. The van der Waals surface area contributed by atoms with Gasteiger partial charge in [0.05, 0.1) is 0 Å². The van der Waals surface area contributed by atoms with Crippen LogP contribution in [0.5, 0.6) is 5.75 Å². The Morgan fingerprint density at radius 2 is 1.80 bits per heavy atom. The van der Waals surface area contributed by atoms with E-state index in [9.17, 15) is 4.79 Å². The molecule has 0 radical (unpaired) electrons. The largest absolute Gasteiger partial charge is 0.489 e. The Morgan fingerprint density at radius 3 is 2.48 bits per heavy atom. The van der Waals surface area contributed by atoms with Crippen LogP contribution in [0.25, 0.3) is 0 Å². The van der Waals surface area contributed by atoms with Crippen LogP contribution in [0.3, 0.4) is 0 Å². The van der Waals surface area contributed by atoms with Crippen molar-refractivity contribution >= 4 is 17.1 Å². The molecule has 0 bridgehead atoms. The van der Waals surface area contributed by atoms with E-state index in [0.717, 1.165) is 22.9 Å². The van der Waals surface area contributed by atoms with Gasteiger partial charge in [0.1, 0.15) is 23.1 Å². The fraction of sp³-hybridized carbons (Fsp3) is 0.200. The fourth-order valence-electron chi connectivity index (χ4n) is 2.31. The van der Waals surface area contributed by atoms with E-state index in [1.165, 1.54) is 23.8 Å². The van der Waals surface area contributed by atoms with Gasteiger partial charge < -0.3 is 10.1 Å². The number of carbonyl (C=O) groups excluding carboxylic acids is 1. The normalized spacial score (nSPS) is 10.6. The molecule has 0 aliphatic carbocycles. The molecule has 3 aromatic rings. The lowest BCUT2D eigenvalue weighted by atomic mass is 10.2. The van der Waals surface area contributed by atoms with E-state index in [-0.39, 0.29) is 5.78 Å². The molecule has 128 valence electrons. The van der Waals surface area contributed by atoms with Gasteiger partial charge in [-0.3, -0.25) is 4.79 Å². The molecular formula is C20H20N2O2S. The number of Topliss-reactive ketones (excluding diaryl/α,β-unsaturated/α-hetero) is 1. The van der Waals surface area contributed by atoms with Crippen molar-refractivity contribution in [2.75, 3.05) is 0 Å². The average Bonchev–Trinajstić information content (AvgIpc) is 3.11. The van der Waals surface area contributed by atoms with Crippen LogP contribution in [0, 0.1) is 0 Å². The molecule has 0 atom stereocenters. The van der Waals surface area contributed by atoms with Gasteiger partial charge in [0.2, 0.25) is 0 Å². The van der Waals surface area contributed by atoms with Gasteiger partial charge in [0.25, 0.3) is 0 Å². The lowest BCUT2D eigenvalue weighted by molar-refractivity contribution is 0.101. The van der Waals surface area contributed by atoms with Gasteiger partial charge in [-0.25, -0.2) is 4.98 Å². The van der Waals surface area contributed by atoms with Crippen LogP contribution >= 0.6 is 11.3 Å². The van der Waals surface area contributed by atoms with Crippen molar-refractivity contribution in [2.24, 2.45) is 0 Å². The third-order valence-corrected chi connectivity index (χ3v) is 4.54. The molecule has 2 aromatic carbocycles. The molecule has 0 unspecified atom stereocenters. The maximum absolute atomic E-state index is 11.2. The highest BCUT2D eigenvalue weighted by atomic mass is 32.1. The second-order valence-corrected chi connectivity index (χ2v) is 6.65. The van der Waals surface area contributed by atoms with Crippen molar-refractivity contribution in [3.05, 3.63) is 81.8 Å². The molecule has 0 amide bonds. The Bertz CT molecular complexity index is 813. The summed E-state index contributed by atoms with van der Waals surface area (Å²) in [5, 5.41) is 6.07. The summed E-state index contributed by atoms with van der Waals surface area (Å²) in [5.41, 5.74) is 2.87. The van der Waals surface area contributed by atoms with E-state index >= 15 is 0 Å². The van der Waals surface area contributed by atoms with E-state index in [4.69, 9.17) is 4.74 Å². The highest BCUT2D eigenvalue weighted by molar-refractivity contribution is 7.09. The first-order valence-electron chi connectivity index (χ1n) is 8.12. The van der Waals surface area contributed by atoms with Gasteiger partial charge in [0, 0.05) is 25.4 Å². The van der Waals surface area contributed by atoms with Crippen LogP contribution in [-0.4, -0.2) is 10.8 Å². The Kier molecular flexibility index (Phi) is 5.93. The van der Waals surface area contributed by atoms with Crippen molar-refractivity contribution in [2.45, 2.75) is 26.6 Å². The summed E-state index contributed by atoms with van der Waals surface area (Å²) in [6.07, 6.45) is 0.